The summed E-state index contributed by atoms with van der Waals surface area (Å²) in [5, 5.41) is 0. The second-order valence-corrected chi connectivity index (χ2v) is 7.50. The lowest BCUT2D eigenvalue weighted by atomic mass is 10.1. The summed E-state index contributed by atoms with van der Waals surface area (Å²) in [5.41, 5.74) is 4.10. The Balaban J connectivity index is 1.43. The lowest BCUT2D eigenvalue weighted by Crippen LogP contribution is -2.17. The molecule has 0 amide bonds. The maximum Gasteiger partial charge on any atom is 0.338 e. The van der Waals surface area contributed by atoms with Gasteiger partial charge in [0.1, 0.15) is 0 Å². The Morgan fingerprint density at radius 1 is 1.10 bits per heavy atom. The summed E-state index contributed by atoms with van der Waals surface area (Å²) in [6, 6.07) is 8.87. The highest BCUT2D eigenvalue weighted by Crippen LogP contribution is 2.38. The van der Waals surface area contributed by atoms with Crippen molar-refractivity contribution in [3.8, 4) is 5.69 Å². The molecule has 3 aromatic rings. The number of nitrogens with one attached hydrogen (secondary N) is 1. The zero-order valence-corrected chi connectivity index (χ0v) is 16.7. The first kappa shape index (κ1) is 19.0. The van der Waals surface area contributed by atoms with Crippen LogP contribution in [-0.4, -0.2) is 32.5 Å². The van der Waals surface area contributed by atoms with Crippen LogP contribution in [0.5, 0.6) is 0 Å². The first-order valence-electron chi connectivity index (χ1n) is 9.63. The Morgan fingerprint density at radius 2 is 1.79 bits per heavy atom. The van der Waals surface area contributed by atoms with Crippen LogP contribution in [0.3, 0.4) is 0 Å². The number of ether oxygens (including phenoxy) is 1. The van der Waals surface area contributed by atoms with Gasteiger partial charge in [-0.25, -0.2) is 9.59 Å². The number of carbonyl (C=O) groups excluding carboxylic acids is 2. The molecule has 0 atom stereocenters. The number of imidazole rings is 1. The molecule has 0 bridgehead atoms. The van der Waals surface area contributed by atoms with Gasteiger partial charge in [-0.05, 0) is 63.9 Å². The van der Waals surface area contributed by atoms with Crippen LogP contribution in [0.2, 0.25) is 0 Å². The first-order chi connectivity index (χ1) is 13.9. The lowest BCUT2D eigenvalue weighted by Gasteiger charge is -2.08. The largest absolute Gasteiger partial charge is 0.454 e. The average Bonchev–Trinajstić information content (AvgIpc) is 3.41. The molecule has 0 unspecified atom stereocenters. The van der Waals surface area contributed by atoms with Gasteiger partial charge in [0.2, 0.25) is 5.78 Å². The molecule has 2 aromatic heterocycles. The molecule has 0 aliphatic heterocycles. The van der Waals surface area contributed by atoms with Crippen LogP contribution < -0.4 is 5.69 Å². The molecule has 1 aromatic carbocycles. The maximum atomic E-state index is 12.6. The van der Waals surface area contributed by atoms with E-state index >= 15 is 0 Å². The summed E-state index contributed by atoms with van der Waals surface area (Å²) < 4.78 is 8.93. The van der Waals surface area contributed by atoms with Gasteiger partial charge in [-0.2, -0.15) is 0 Å². The minimum Gasteiger partial charge on any atom is -0.454 e. The quantitative estimate of drug-likeness (QED) is 0.514. The molecule has 1 aliphatic rings. The van der Waals surface area contributed by atoms with E-state index in [4.69, 9.17) is 4.74 Å². The van der Waals surface area contributed by atoms with Crippen molar-refractivity contribution in [2.24, 2.45) is 0 Å². The summed E-state index contributed by atoms with van der Waals surface area (Å²) in [7, 11) is 0. The molecule has 1 saturated carbocycles. The van der Waals surface area contributed by atoms with Crippen LogP contribution in [0.15, 0.2) is 41.3 Å². The number of hydrogen-bond acceptors (Lipinski definition) is 4. The molecular formula is C22H23N3O4. The number of hydrogen-bond donors (Lipinski definition) is 1. The predicted octanol–water partition coefficient (Wildman–Crippen LogP) is 3.27. The van der Waals surface area contributed by atoms with Gasteiger partial charge in [0.25, 0.3) is 0 Å². The Kier molecular flexibility index (Phi) is 4.74. The summed E-state index contributed by atoms with van der Waals surface area (Å²) in [6.07, 6.45) is 3.91. The monoisotopic (exact) mass is 393 g/mol. The van der Waals surface area contributed by atoms with E-state index < -0.39 is 5.97 Å². The van der Waals surface area contributed by atoms with Crippen LogP contribution in [0.25, 0.3) is 5.69 Å². The molecule has 150 valence electrons. The third kappa shape index (κ3) is 3.55. The van der Waals surface area contributed by atoms with E-state index in [1.54, 1.807) is 30.5 Å². The lowest BCUT2D eigenvalue weighted by molar-refractivity contribution is 0.0474. The number of H-pyrrole nitrogens is 1. The van der Waals surface area contributed by atoms with E-state index in [1.165, 1.54) is 4.57 Å². The molecule has 1 N–H and O–H groups in total. The molecule has 29 heavy (non-hydrogen) atoms. The Morgan fingerprint density at radius 3 is 2.38 bits per heavy atom. The molecule has 7 nitrogen and oxygen atoms in total. The average molecular weight is 393 g/mol. The van der Waals surface area contributed by atoms with Crippen LogP contribution in [0.1, 0.15) is 56.7 Å². The van der Waals surface area contributed by atoms with E-state index in [1.807, 2.05) is 26.8 Å². The Labute approximate surface area is 167 Å². The molecule has 0 spiro atoms. The normalized spacial score (nSPS) is 13.5. The van der Waals surface area contributed by atoms with E-state index in [9.17, 15) is 14.4 Å². The number of aromatic nitrogens is 3. The number of aryl methyl sites for hydroxylation is 2. The standard InChI is InChI=1S/C22H23N3O4/c1-13-10-19(15(3)24(13)17-8-9-17)20(26)12-29-21(27)16-4-6-18(7-5-16)25-14(2)11-23-22(25)28/h4-7,10-11,17H,8-9,12H2,1-3H3,(H,23,28). The van der Waals surface area contributed by atoms with Crippen molar-refractivity contribution in [3.63, 3.8) is 0 Å². The number of benzene rings is 1. The van der Waals surface area contributed by atoms with E-state index in [2.05, 4.69) is 9.55 Å². The van der Waals surface area contributed by atoms with Gasteiger partial charge in [-0.15, -0.1) is 0 Å². The summed E-state index contributed by atoms with van der Waals surface area (Å²) in [5.74, 6) is -0.775. The smallest absolute Gasteiger partial charge is 0.338 e. The number of Topliss-reactive ketones (excluding diaryl/α,β-unsaturated/α-hetero) is 1. The van der Waals surface area contributed by atoms with E-state index in [-0.39, 0.29) is 18.1 Å². The van der Waals surface area contributed by atoms with Crippen molar-refractivity contribution < 1.29 is 14.3 Å². The summed E-state index contributed by atoms with van der Waals surface area (Å²) >= 11 is 0. The van der Waals surface area contributed by atoms with Crippen LogP contribution in [0.4, 0.5) is 0 Å². The van der Waals surface area contributed by atoms with Gasteiger partial charge in [-0.3, -0.25) is 9.36 Å². The highest BCUT2D eigenvalue weighted by molar-refractivity contribution is 6.00. The Hall–Kier alpha value is -3.35. The third-order valence-corrected chi connectivity index (χ3v) is 5.35. The van der Waals surface area contributed by atoms with Crippen molar-refractivity contribution in [2.45, 2.75) is 39.7 Å². The van der Waals surface area contributed by atoms with Crippen LogP contribution in [-0.2, 0) is 4.74 Å². The summed E-state index contributed by atoms with van der Waals surface area (Å²) in [4.78, 5) is 39.4. The fraction of sp³-hybridized carbons (Fsp3) is 0.318. The van der Waals surface area contributed by atoms with Gasteiger partial charge in [-0.1, -0.05) is 0 Å². The molecule has 7 heteroatoms. The third-order valence-electron chi connectivity index (χ3n) is 5.35. The minimum absolute atomic E-state index is 0.204. The molecular weight excluding hydrogens is 370 g/mol. The molecule has 0 saturated heterocycles. The number of nitrogens with zero attached hydrogens (tertiary/aromatic N) is 2. The fourth-order valence-corrected chi connectivity index (χ4v) is 3.77. The van der Waals surface area contributed by atoms with Crippen molar-refractivity contribution >= 4 is 11.8 Å². The number of rotatable bonds is 6. The zero-order chi connectivity index (χ0) is 20.7. The highest BCUT2D eigenvalue weighted by atomic mass is 16.5. The number of esters is 1. The Bertz CT molecular complexity index is 1140. The van der Waals surface area contributed by atoms with Crippen molar-refractivity contribution in [2.75, 3.05) is 6.61 Å². The van der Waals surface area contributed by atoms with Crippen LogP contribution >= 0.6 is 0 Å². The second kappa shape index (κ2) is 7.24. The SMILES string of the molecule is Cc1cc(C(=O)COC(=O)c2ccc(-n3c(C)c[nH]c3=O)cc2)c(C)n1C1CC1. The zero-order valence-electron chi connectivity index (χ0n) is 16.7. The first-order valence-corrected chi connectivity index (χ1v) is 9.63. The van der Waals surface area contributed by atoms with Gasteiger partial charge < -0.3 is 14.3 Å². The minimum atomic E-state index is -0.570. The predicted molar refractivity (Wildman–Crippen MR) is 108 cm³/mol. The number of aromatic amines is 1. The van der Waals surface area contributed by atoms with Crippen LogP contribution in [0, 0.1) is 20.8 Å². The molecule has 2 heterocycles. The molecule has 1 aliphatic carbocycles. The van der Waals surface area contributed by atoms with Crippen molar-refractivity contribution in [1.29, 1.82) is 0 Å². The fourth-order valence-electron chi connectivity index (χ4n) is 3.77. The number of ketones is 1. The second-order valence-electron chi connectivity index (χ2n) is 7.50. The molecule has 4 rings (SSSR count). The van der Waals surface area contributed by atoms with Gasteiger partial charge in [0.05, 0.1) is 11.3 Å². The maximum absolute atomic E-state index is 12.6. The number of carbonyl (C=O) groups is 2. The van der Waals surface area contributed by atoms with Gasteiger partial charge >= 0.3 is 11.7 Å². The molecule has 0 radical (unpaired) electrons. The van der Waals surface area contributed by atoms with E-state index in [0.29, 0.717) is 22.9 Å². The topological polar surface area (TPSA) is 86.1 Å². The van der Waals surface area contributed by atoms with Gasteiger partial charge in [0, 0.05) is 34.9 Å². The van der Waals surface area contributed by atoms with E-state index in [0.717, 1.165) is 29.9 Å². The highest BCUT2D eigenvalue weighted by Gasteiger charge is 2.28. The molecule has 1 fully saturated rings. The summed E-state index contributed by atoms with van der Waals surface area (Å²) in [6.45, 7) is 5.44. The van der Waals surface area contributed by atoms with Crippen molar-refractivity contribution in [3.05, 3.63) is 75.2 Å². The van der Waals surface area contributed by atoms with Gasteiger partial charge in [0.15, 0.2) is 6.61 Å². The van der Waals surface area contributed by atoms with Crippen molar-refractivity contribution in [1.82, 2.24) is 14.1 Å².